The molecule has 0 spiro atoms. The maximum atomic E-state index is 13.1. The number of aromatic nitrogens is 3. The highest BCUT2D eigenvalue weighted by molar-refractivity contribution is 5.91. The fourth-order valence-corrected chi connectivity index (χ4v) is 3.29. The van der Waals surface area contributed by atoms with E-state index < -0.39 is 0 Å². The molecule has 0 unspecified atom stereocenters. The van der Waals surface area contributed by atoms with Gasteiger partial charge in [0.15, 0.2) is 0 Å². The van der Waals surface area contributed by atoms with Crippen molar-refractivity contribution in [1.29, 1.82) is 0 Å². The van der Waals surface area contributed by atoms with Crippen LogP contribution in [0.15, 0.2) is 57.8 Å². The summed E-state index contributed by atoms with van der Waals surface area (Å²) in [7, 11) is 0. The molecule has 0 bridgehead atoms. The van der Waals surface area contributed by atoms with E-state index in [-0.39, 0.29) is 22.8 Å². The van der Waals surface area contributed by atoms with Gasteiger partial charge in [0, 0.05) is 17.5 Å². The zero-order chi connectivity index (χ0) is 19.0. The van der Waals surface area contributed by atoms with Crippen LogP contribution in [0.5, 0.6) is 5.75 Å². The molecule has 6 heteroatoms. The van der Waals surface area contributed by atoms with Gasteiger partial charge in [-0.15, -0.1) is 0 Å². The predicted molar refractivity (Wildman–Crippen MR) is 104 cm³/mol. The van der Waals surface area contributed by atoms with Gasteiger partial charge in [-0.2, -0.15) is 4.98 Å². The van der Waals surface area contributed by atoms with Gasteiger partial charge < -0.3 is 14.2 Å². The molecule has 0 aliphatic heterocycles. The number of rotatable bonds is 4. The zero-order valence-electron chi connectivity index (χ0n) is 15.1. The van der Waals surface area contributed by atoms with Gasteiger partial charge in [0.1, 0.15) is 11.3 Å². The maximum Gasteiger partial charge on any atom is 0.267 e. The van der Waals surface area contributed by atoms with Gasteiger partial charge in [-0.3, -0.25) is 4.79 Å². The van der Waals surface area contributed by atoms with Gasteiger partial charge in [-0.05, 0) is 31.0 Å². The van der Waals surface area contributed by atoms with Gasteiger partial charge in [0.2, 0.25) is 5.82 Å². The topological polar surface area (TPSA) is 81.2 Å². The van der Waals surface area contributed by atoms with Gasteiger partial charge in [-0.25, -0.2) is 0 Å². The lowest BCUT2D eigenvalue weighted by Crippen LogP contribution is -2.22. The monoisotopic (exact) mass is 361 g/mol. The average molecular weight is 361 g/mol. The second-order valence-corrected chi connectivity index (χ2v) is 6.44. The number of fused-ring (bicyclic) bond motifs is 1. The van der Waals surface area contributed by atoms with Crippen LogP contribution in [0.3, 0.4) is 0 Å². The fourth-order valence-electron chi connectivity index (χ4n) is 3.29. The highest BCUT2D eigenvalue weighted by Crippen LogP contribution is 2.33. The van der Waals surface area contributed by atoms with Gasteiger partial charge in [0.25, 0.3) is 11.4 Å². The number of aryl methyl sites for hydroxylation is 2. The minimum Gasteiger partial charge on any atom is -0.506 e. The Kier molecular flexibility index (Phi) is 4.24. The summed E-state index contributed by atoms with van der Waals surface area (Å²) in [6, 6.07) is 14.9. The molecule has 1 N–H and O–H groups in total. The summed E-state index contributed by atoms with van der Waals surface area (Å²) in [6.07, 6.45) is 0.784. The average Bonchev–Trinajstić information content (AvgIpc) is 3.15. The highest BCUT2D eigenvalue weighted by atomic mass is 16.5. The summed E-state index contributed by atoms with van der Waals surface area (Å²) in [5.74, 6) is 0.270. The first-order valence-electron chi connectivity index (χ1n) is 8.86. The number of hydrogen-bond acceptors (Lipinski definition) is 5. The molecule has 0 aliphatic carbocycles. The van der Waals surface area contributed by atoms with Crippen molar-refractivity contribution >= 4 is 10.9 Å². The van der Waals surface area contributed by atoms with Crippen molar-refractivity contribution in [3.8, 4) is 28.6 Å². The van der Waals surface area contributed by atoms with E-state index in [9.17, 15) is 9.90 Å². The number of aromatic hydroxyl groups is 1. The first kappa shape index (κ1) is 17.0. The molecular formula is C21H19N3O3. The number of para-hydroxylation sites is 1. The Morgan fingerprint density at radius 1 is 1.11 bits per heavy atom. The largest absolute Gasteiger partial charge is 0.506 e. The fraction of sp³-hybridized carbons (Fsp3) is 0.190. The van der Waals surface area contributed by atoms with Crippen molar-refractivity contribution in [2.45, 2.75) is 26.8 Å². The first-order chi connectivity index (χ1) is 13.1. The minimum absolute atomic E-state index is 0.0198. The molecule has 0 amide bonds. The van der Waals surface area contributed by atoms with Crippen molar-refractivity contribution in [2.24, 2.45) is 0 Å². The third-order valence-corrected chi connectivity index (χ3v) is 4.62. The Labute approximate surface area is 155 Å². The van der Waals surface area contributed by atoms with E-state index in [0.717, 1.165) is 17.5 Å². The molecule has 0 radical (unpaired) electrons. The van der Waals surface area contributed by atoms with Crippen LogP contribution >= 0.6 is 0 Å². The molecule has 2 aromatic heterocycles. The smallest absolute Gasteiger partial charge is 0.267 e. The Balaban J connectivity index is 1.95. The second kappa shape index (κ2) is 6.72. The normalized spacial score (nSPS) is 11.2. The van der Waals surface area contributed by atoms with E-state index in [2.05, 4.69) is 10.1 Å². The van der Waals surface area contributed by atoms with Crippen LogP contribution in [0, 0.1) is 6.92 Å². The lowest BCUT2D eigenvalue weighted by Gasteiger charge is -2.12. The Morgan fingerprint density at radius 3 is 2.63 bits per heavy atom. The molecule has 4 rings (SSSR count). The van der Waals surface area contributed by atoms with E-state index >= 15 is 0 Å². The van der Waals surface area contributed by atoms with Gasteiger partial charge in [0.05, 0.1) is 5.52 Å². The summed E-state index contributed by atoms with van der Waals surface area (Å²) >= 11 is 0. The van der Waals surface area contributed by atoms with Crippen LogP contribution < -0.4 is 5.56 Å². The van der Waals surface area contributed by atoms with E-state index in [4.69, 9.17) is 4.52 Å². The predicted octanol–water partition coefficient (Wildman–Crippen LogP) is 4.14. The van der Waals surface area contributed by atoms with Crippen LogP contribution in [0.25, 0.3) is 33.7 Å². The Hall–Kier alpha value is -3.41. The SMILES string of the molecule is CCCn1c(=O)c(-c2nc(-c3ccccc3C)no2)c(O)c2ccccc21. The number of nitrogens with zero attached hydrogens (tertiary/aromatic N) is 3. The quantitative estimate of drug-likeness (QED) is 0.591. The molecule has 0 saturated carbocycles. The van der Waals surface area contributed by atoms with Gasteiger partial charge in [-0.1, -0.05) is 48.5 Å². The van der Waals surface area contributed by atoms with Crippen LogP contribution in [0.1, 0.15) is 18.9 Å². The third kappa shape index (κ3) is 2.79. The minimum atomic E-state index is -0.340. The molecule has 0 saturated heterocycles. The van der Waals surface area contributed by atoms with Crippen molar-refractivity contribution in [1.82, 2.24) is 14.7 Å². The molecule has 4 aromatic rings. The van der Waals surface area contributed by atoms with Crippen molar-refractivity contribution < 1.29 is 9.63 Å². The van der Waals surface area contributed by atoms with E-state index in [1.165, 1.54) is 0 Å². The van der Waals surface area contributed by atoms with Gasteiger partial charge >= 0.3 is 0 Å². The number of hydrogen-bond donors (Lipinski definition) is 1. The molecular weight excluding hydrogens is 342 g/mol. The number of benzene rings is 2. The molecule has 6 nitrogen and oxygen atoms in total. The van der Waals surface area contributed by atoms with Crippen LogP contribution in [-0.4, -0.2) is 19.8 Å². The third-order valence-electron chi connectivity index (χ3n) is 4.62. The van der Waals surface area contributed by atoms with Crippen molar-refractivity contribution in [3.05, 3.63) is 64.4 Å². The summed E-state index contributed by atoms with van der Waals surface area (Å²) in [6.45, 7) is 4.48. The molecule has 27 heavy (non-hydrogen) atoms. The standard InChI is InChI=1S/C21H19N3O3/c1-3-12-24-16-11-7-6-10-15(16)18(25)17(21(24)26)20-22-19(23-27-20)14-9-5-4-8-13(14)2/h4-11,25H,3,12H2,1-2H3. The van der Waals surface area contributed by atoms with E-state index in [1.54, 1.807) is 10.6 Å². The molecule has 0 atom stereocenters. The summed E-state index contributed by atoms with van der Waals surface area (Å²) in [4.78, 5) is 17.5. The summed E-state index contributed by atoms with van der Waals surface area (Å²) in [5, 5.41) is 15.4. The van der Waals surface area contributed by atoms with Crippen molar-refractivity contribution in [3.63, 3.8) is 0 Å². The maximum absolute atomic E-state index is 13.1. The Morgan fingerprint density at radius 2 is 1.85 bits per heavy atom. The van der Waals surface area contributed by atoms with E-state index in [1.807, 2.05) is 56.3 Å². The van der Waals surface area contributed by atoms with Crippen LogP contribution in [-0.2, 0) is 6.54 Å². The zero-order valence-corrected chi connectivity index (χ0v) is 15.1. The Bertz CT molecular complexity index is 1190. The molecule has 0 aliphatic rings. The number of pyridine rings is 1. The highest BCUT2D eigenvalue weighted by Gasteiger charge is 2.23. The molecule has 2 aromatic carbocycles. The molecule has 0 fully saturated rings. The van der Waals surface area contributed by atoms with Crippen molar-refractivity contribution in [2.75, 3.05) is 0 Å². The first-order valence-corrected chi connectivity index (χ1v) is 8.86. The van der Waals surface area contributed by atoms with E-state index in [0.29, 0.717) is 23.3 Å². The molecule has 136 valence electrons. The second-order valence-electron chi connectivity index (χ2n) is 6.44. The summed E-state index contributed by atoms with van der Waals surface area (Å²) in [5.41, 5.74) is 2.20. The van der Waals surface area contributed by atoms with Crippen LogP contribution in [0.2, 0.25) is 0 Å². The molecule has 2 heterocycles. The lowest BCUT2D eigenvalue weighted by molar-refractivity contribution is 0.425. The summed E-state index contributed by atoms with van der Waals surface area (Å²) < 4.78 is 7.01. The van der Waals surface area contributed by atoms with Crippen LogP contribution in [0.4, 0.5) is 0 Å². The lowest BCUT2D eigenvalue weighted by atomic mass is 10.1.